The number of hydrogen-bond donors (Lipinski definition) is 2. The van der Waals surface area contributed by atoms with Crippen LogP contribution in [0.15, 0.2) is 53.5 Å². The molecule has 0 atom stereocenters. The molecule has 1 heterocycles. The first-order chi connectivity index (χ1) is 13.2. The highest BCUT2D eigenvalue weighted by Crippen LogP contribution is 2.32. The Balaban J connectivity index is 0.00000280. The average molecular weight is 496 g/mol. The molecule has 6 nitrogen and oxygen atoms in total. The summed E-state index contributed by atoms with van der Waals surface area (Å²) in [6.45, 7) is 3.94. The van der Waals surface area contributed by atoms with Crippen molar-refractivity contribution < 1.29 is 9.47 Å². The van der Waals surface area contributed by atoms with Gasteiger partial charge in [0.15, 0.2) is 17.5 Å². The Labute approximate surface area is 184 Å². The van der Waals surface area contributed by atoms with Crippen LogP contribution in [0.1, 0.15) is 18.4 Å². The molecule has 152 valence electrons. The van der Waals surface area contributed by atoms with Crippen LogP contribution in [-0.2, 0) is 6.54 Å². The van der Waals surface area contributed by atoms with Gasteiger partial charge in [0.2, 0.25) is 0 Å². The fourth-order valence-electron chi connectivity index (χ4n) is 2.94. The van der Waals surface area contributed by atoms with Crippen LogP contribution in [0, 0.1) is 0 Å². The number of halogens is 1. The van der Waals surface area contributed by atoms with Crippen LogP contribution < -0.4 is 20.5 Å². The minimum absolute atomic E-state index is 0. The van der Waals surface area contributed by atoms with Gasteiger partial charge in [-0.05, 0) is 37.7 Å². The predicted molar refractivity (Wildman–Crippen MR) is 125 cm³/mol. The summed E-state index contributed by atoms with van der Waals surface area (Å²) in [4.78, 5) is 6.70. The number of hydrogen-bond acceptors (Lipinski definition) is 4. The fraction of sp³-hybridized carbons (Fsp3) is 0.381. The second kappa shape index (κ2) is 11.8. The highest BCUT2D eigenvalue weighted by Gasteiger charge is 2.10. The molecule has 0 unspecified atom stereocenters. The molecule has 0 spiro atoms. The van der Waals surface area contributed by atoms with E-state index in [-0.39, 0.29) is 24.0 Å². The van der Waals surface area contributed by atoms with Gasteiger partial charge in [-0.2, -0.15) is 0 Å². The largest absolute Gasteiger partial charge is 0.490 e. The molecule has 0 saturated carbocycles. The average Bonchev–Trinajstić information content (AvgIpc) is 2.91. The lowest BCUT2D eigenvalue weighted by Crippen LogP contribution is -2.24. The Morgan fingerprint density at radius 1 is 1.11 bits per heavy atom. The molecule has 28 heavy (non-hydrogen) atoms. The zero-order chi connectivity index (χ0) is 18.9. The maximum absolute atomic E-state index is 6.01. The van der Waals surface area contributed by atoms with Crippen molar-refractivity contribution in [1.82, 2.24) is 4.90 Å². The molecule has 0 aliphatic carbocycles. The molecule has 3 rings (SSSR count). The second-order valence-corrected chi connectivity index (χ2v) is 6.68. The first-order valence-corrected chi connectivity index (χ1v) is 9.40. The summed E-state index contributed by atoms with van der Waals surface area (Å²) in [5.41, 5.74) is 8.17. The molecule has 0 amide bonds. The van der Waals surface area contributed by atoms with Gasteiger partial charge in [0.05, 0.1) is 13.2 Å². The third-order valence-electron chi connectivity index (χ3n) is 4.30. The molecule has 3 N–H and O–H groups in total. The topological polar surface area (TPSA) is 72.1 Å². The Morgan fingerprint density at radius 3 is 2.64 bits per heavy atom. The summed E-state index contributed by atoms with van der Waals surface area (Å²) < 4.78 is 11.3. The van der Waals surface area contributed by atoms with Crippen LogP contribution in [0.25, 0.3) is 0 Å². The number of nitrogens with zero attached hydrogens (tertiary/aromatic N) is 2. The smallest absolute Gasteiger partial charge is 0.193 e. The van der Waals surface area contributed by atoms with Crippen LogP contribution in [-0.4, -0.2) is 44.2 Å². The van der Waals surface area contributed by atoms with Gasteiger partial charge in [-0.1, -0.05) is 30.3 Å². The van der Waals surface area contributed by atoms with Gasteiger partial charge in [-0.3, -0.25) is 4.99 Å². The lowest BCUT2D eigenvalue weighted by molar-refractivity contribution is 0.297. The Hall–Kier alpha value is -2.00. The van der Waals surface area contributed by atoms with Gasteiger partial charge in [0.1, 0.15) is 0 Å². The monoisotopic (exact) mass is 496 g/mol. The maximum atomic E-state index is 6.01. The van der Waals surface area contributed by atoms with Crippen molar-refractivity contribution in [2.75, 3.05) is 38.7 Å². The van der Waals surface area contributed by atoms with Crippen LogP contribution in [0.5, 0.6) is 11.5 Å². The summed E-state index contributed by atoms with van der Waals surface area (Å²) >= 11 is 0. The zero-order valence-corrected chi connectivity index (χ0v) is 18.6. The quantitative estimate of drug-likeness (QED) is 0.265. The number of benzene rings is 2. The van der Waals surface area contributed by atoms with Crippen molar-refractivity contribution in [2.45, 2.75) is 19.4 Å². The number of rotatable bonds is 7. The summed E-state index contributed by atoms with van der Waals surface area (Å²) in [7, 11) is 2.12. The number of anilines is 1. The minimum atomic E-state index is 0. The third kappa shape index (κ3) is 7.20. The van der Waals surface area contributed by atoms with E-state index in [4.69, 9.17) is 15.2 Å². The lowest BCUT2D eigenvalue weighted by atomic mass is 10.2. The van der Waals surface area contributed by atoms with Gasteiger partial charge < -0.3 is 25.4 Å². The minimum Gasteiger partial charge on any atom is -0.490 e. The third-order valence-corrected chi connectivity index (χ3v) is 4.30. The molecule has 0 fully saturated rings. The molecule has 1 aliphatic rings. The van der Waals surface area contributed by atoms with Gasteiger partial charge in [0.25, 0.3) is 0 Å². The van der Waals surface area contributed by atoms with Crippen LogP contribution in [0.2, 0.25) is 0 Å². The van der Waals surface area contributed by atoms with E-state index >= 15 is 0 Å². The molecular formula is C21H29IN4O2. The van der Waals surface area contributed by atoms with Crippen molar-refractivity contribution in [3.63, 3.8) is 0 Å². The van der Waals surface area contributed by atoms with Crippen molar-refractivity contribution in [3.8, 4) is 11.5 Å². The SMILES string of the molecule is CN(CCCN=C(N)Nc1ccc2c(c1)OCCCO2)Cc1ccccc1.I. The maximum Gasteiger partial charge on any atom is 0.193 e. The normalized spacial score (nSPS) is 13.6. The Kier molecular flexibility index (Phi) is 9.36. The molecule has 0 radical (unpaired) electrons. The van der Waals surface area contributed by atoms with E-state index < -0.39 is 0 Å². The van der Waals surface area contributed by atoms with Crippen LogP contribution in [0.3, 0.4) is 0 Å². The zero-order valence-electron chi connectivity index (χ0n) is 16.3. The molecule has 0 bridgehead atoms. The molecule has 0 aromatic heterocycles. The highest BCUT2D eigenvalue weighted by molar-refractivity contribution is 14.0. The fourth-order valence-corrected chi connectivity index (χ4v) is 2.94. The molecular weight excluding hydrogens is 467 g/mol. The van der Waals surface area contributed by atoms with Gasteiger partial charge in [-0.25, -0.2) is 0 Å². The summed E-state index contributed by atoms with van der Waals surface area (Å²) in [6, 6.07) is 16.2. The number of fused-ring (bicyclic) bond motifs is 1. The molecule has 7 heteroatoms. The van der Waals surface area contributed by atoms with E-state index in [1.54, 1.807) is 0 Å². The Morgan fingerprint density at radius 2 is 1.86 bits per heavy atom. The van der Waals surface area contributed by atoms with Gasteiger partial charge in [0, 0.05) is 31.3 Å². The summed E-state index contributed by atoms with van der Waals surface area (Å²) in [6.07, 6.45) is 1.84. The van der Waals surface area contributed by atoms with Gasteiger partial charge >= 0.3 is 0 Å². The van der Waals surface area contributed by atoms with E-state index in [0.717, 1.165) is 43.1 Å². The van der Waals surface area contributed by atoms with E-state index in [0.29, 0.717) is 25.7 Å². The van der Waals surface area contributed by atoms with E-state index in [1.165, 1.54) is 5.56 Å². The van der Waals surface area contributed by atoms with Crippen molar-refractivity contribution in [2.24, 2.45) is 10.7 Å². The molecule has 0 saturated heterocycles. The van der Waals surface area contributed by atoms with Crippen LogP contribution in [0.4, 0.5) is 5.69 Å². The summed E-state index contributed by atoms with van der Waals surface area (Å²) in [5.74, 6) is 1.93. The molecule has 2 aromatic carbocycles. The number of guanidine groups is 1. The van der Waals surface area contributed by atoms with E-state index in [2.05, 4.69) is 46.5 Å². The molecule has 2 aromatic rings. The first-order valence-electron chi connectivity index (χ1n) is 9.40. The van der Waals surface area contributed by atoms with Crippen LogP contribution >= 0.6 is 24.0 Å². The number of nitrogens with two attached hydrogens (primary N) is 1. The predicted octanol–water partition coefficient (Wildman–Crippen LogP) is 3.71. The summed E-state index contributed by atoms with van der Waals surface area (Å²) in [5, 5.41) is 3.12. The number of aliphatic imine (C=N–C) groups is 1. The van der Waals surface area contributed by atoms with E-state index in [9.17, 15) is 0 Å². The standard InChI is InChI=1S/C21H28N4O2.HI/c1-25(16-17-7-3-2-4-8-17)12-5-11-23-21(22)24-18-9-10-19-20(15-18)27-14-6-13-26-19;/h2-4,7-10,15H,5-6,11-14,16H2,1H3,(H3,22,23,24);1H. The Bertz CT molecular complexity index is 755. The van der Waals surface area contributed by atoms with E-state index in [1.807, 2.05) is 24.3 Å². The second-order valence-electron chi connectivity index (χ2n) is 6.68. The number of ether oxygens (including phenoxy) is 2. The van der Waals surface area contributed by atoms with Crippen molar-refractivity contribution in [1.29, 1.82) is 0 Å². The van der Waals surface area contributed by atoms with Crippen molar-refractivity contribution in [3.05, 3.63) is 54.1 Å². The number of nitrogens with one attached hydrogen (secondary N) is 1. The molecule has 1 aliphatic heterocycles. The highest BCUT2D eigenvalue weighted by atomic mass is 127. The van der Waals surface area contributed by atoms with Gasteiger partial charge in [-0.15, -0.1) is 24.0 Å². The first kappa shape index (κ1) is 22.3. The van der Waals surface area contributed by atoms with Crippen molar-refractivity contribution >= 4 is 35.6 Å². The lowest BCUT2D eigenvalue weighted by Gasteiger charge is -2.16.